The van der Waals surface area contributed by atoms with E-state index in [4.69, 9.17) is 16.3 Å². The molecule has 3 aliphatic rings. The number of rotatable bonds is 10. The van der Waals surface area contributed by atoms with E-state index in [2.05, 4.69) is 47.6 Å². The molecule has 0 spiro atoms. The number of carbonyl (C=O) groups excluding carboxylic acids is 2. The number of hydrogen-bond donors (Lipinski definition) is 2. The predicted molar refractivity (Wildman–Crippen MR) is 168 cm³/mol. The summed E-state index contributed by atoms with van der Waals surface area (Å²) in [5, 5.41) is 7.30. The molecule has 0 aromatic heterocycles. The first-order valence-corrected chi connectivity index (χ1v) is 16.2. The Balaban J connectivity index is 1.24. The molecule has 3 aliphatic heterocycles. The minimum Gasteiger partial charge on any atom is -0.381 e. The zero-order valence-electron chi connectivity index (χ0n) is 25.2. The second-order valence-electron chi connectivity index (χ2n) is 12.6. The lowest BCUT2D eigenvalue weighted by molar-refractivity contribution is -0.138. The molecule has 0 bridgehead atoms. The maximum Gasteiger partial charge on any atom is 0.245 e. The van der Waals surface area contributed by atoms with Gasteiger partial charge in [0, 0.05) is 68.8 Å². The minimum atomic E-state index is -0.615. The number of likely N-dealkylation sites (tertiary alicyclic amines) is 1. The first-order chi connectivity index (χ1) is 20.4. The van der Waals surface area contributed by atoms with E-state index in [-0.39, 0.29) is 17.9 Å². The fourth-order valence-corrected chi connectivity index (χ4v) is 7.07. The van der Waals surface area contributed by atoms with Crippen molar-refractivity contribution in [3.8, 4) is 0 Å². The van der Waals surface area contributed by atoms with Gasteiger partial charge in [-0.1, -0.05) is 61.8 Å². The molecule has 2 saturated heterocycles. The van der Waals surface area contributed by atoms with Crippen molar-refractivity contribution in [2.45, 2.75) is 83.0 Å². The van der Waals surface area contributed by atoms with Crippen LogP contribution in [0.2, 0.25) is 5.02 Å². The van der Waals surface area contributed by atoms with Crippen LogP contribution in [0.3, 0.4) is 0 Å². The molecule has 2 unspecified atom stereocenters. The minimum absolute atomic E-state index is 0.00947. The van der Waals surface area contributed by atoms with Crippen LogP contribution in [0.1, 0.15) is 68.7 Å². The third-order valence-corrected chi connectivity index (χ3v) is 9.32. The van der Waals surface area contributed by atoms with E-state index in [9.17, 15) is 9.59 Å². The van der Waals surface area contributed by atoms with Gasteiger partial charge in [-0.15, -0.1) is 0 Å². The summed E-state index contributed by atoms with van der Waals surface area (Å²) in [6, 6.07) is 16.3. The van der Waals surface area contributed by atoms with E-state index in [0.717, 1.165) is 64.0 Å². The Labute approximate surface area is 256 Å². The highest BCUT2D eigenvalue weighted by Gasteiger charge is 2.35. The van der Waals surface area contributed by atoms with Crippen LogP contribution < -0.4 is 10.6 Å². The van der Waals surface area contributed by atoms with Crippen LogP contribution in [0.5, 0.6) is 0 Å². The Bertz CT molecular complexity index is 1180. The molecule has 0 saturated carbocycles. The monoisotopic (exact) mass is 594 g/mol. The van der Waals surface area contributed by atoms with Crippen molar-refractivity contribution in [1.29, 1.82) is 0 Å². The Morgan fingerprint density at radius 2 is 1.71 bits per heavy atom. The quantitative estimate of drug-likeness (QED) is 0.414. The van der Waals surface area contributed by atoms with Gasteiger partial charge in [-0.05, 0) is 73.4 Å². The van der Waals surface area contributed by atoms with Crippen molar-refractivity contribution in [2.75, 3.05) is 39.4 Å². The number of piperidine rings is 1. The molecule has 2 aromatic carbocycles. The van der Waals surface area contributed by atoms with E-state index in [1.165, 1.54) is 11.1 Å². The van der Waals surface area contributed by atoms with E-state index in [1.807, 2.05) is 35.2 Å². The number of benzene rings is 2. The number of ether oxygens (including phenoxy) is 1. The maximum absolute atomic E-state index is 14.0. The molecule has 0 aliphatic carbocycles. The molecule has 3 heterocycles. The Hall–Kier alpha value is -2.45. The summed E-state index contributed by atoms with van der Waals surface area (Å²) in [6.45, 7) is 9.61. The van der Waals surface area contributed by atoms with Crippen LogP contribution in [0, 0.1) is 5.92 Å². The lowest BCUT2D eigenvalue weighted by Crippen LogP contribution is -2.56. The summed E-state index contributed by atoms with van der Waals surface area (Å²) in [6.07, 6.45) is 5.80. The number of nitrogens with zero attached hydrogens (tertiary/aromatic N) is 2. The third-order valence-electron chi connectivity index (χ3n) is 9.07. The van der Waals surface area contributed by atoms with Crippen LogP contribution in [0.15, 0.2) is 48.5 Å². The average Bonchev–Trinajstić information content (AvgIpc) is 3.01. The maximum atomic E-state index is 14.0. The normalized spacial score (nSPS) is 20.9. The molecular weight excluding hydrogens is 548 g/mol. The second-order valence-corrected chi connectivity index (χ2v) is 13.0. The van der Waals surface area contributed by atoms with Crippen LogP contribution in [-0.2, 0) is 27.2 Å². The molecule has 2 aromatic rings. The first-order valence-electron chi connectivity index (χ1n) is 15.8. The number of nitrogens with one attached hydrogen (secondary N) is 2. The van der Waals surface area contributed by atoms with E-state index in [1.54, 1.807) is 0 Å². The third kappa shape index (κ3) is 8.13. The highest BCUT2D eigenvalue weighted by atomic mass is 35.5. The number of hydrogen-bond acceptors (Lipinski definition) is 5. The summed E-state index contributed by atoms with van der Waals surface area (Å²) in [4.78, 5) is 32.1. The number of amides is 2. The smallest absolute Gasteiger partial charge is 0.245 e. The summed E-state index contributed by atoms with van der Waals surface area (Å²) in [5.74, 6) is 0.501. The molecule has 5 rings (SSSR count). The molecule has 0 radical (unpaired) electrons. The van der Waals surface area contributed by atoms with E-state index < -0.39 is 6.04 Å². The summed E-state index contributed by atoms with van der Waals surface area (Å²) in [7, 11) is 0. The fraction of sp³-hybridized carbons (Fsp3) is 0.588. The van der Waals surface area contributed by atoms with Crippen molar-refractivity contribution in [3.05, 3.63) is 70.2 Å². The van der Waals surface area contributed by atoms with Gasteiger partial charge in [0.15, 0.2) is 0 Å². The molecule has 228 valence electrons. The lowest BCUT2D eigenvalue weighted by atomic mass is 9.92. The zero-order chi connectivity index (χ0) is 29.5. The van der Waals surface area contributed by atoms with Gasteiger partial charge >= 0.3 is 0 Å². The fourth-order valence-electron chi connectivity index (χ4n) is 6.94. The van der Waals surface area contributed by atoms with Crippen LogP contribution >= 0.6 is 11.6 Å². The van der Waals surface area contributed by atoms with Crippen LogP contribution in [0.4, 0.5) is 0 Å². The Kier molecular flexibility index (Phi) is 10.9. The highest BCUT2D eigenvalue weighted by Crippen LogP contribution is 2.27. The van der Waals surface area contributed by atoms with Gasteiger partial charge in [-0.2, -0.15) is 0 Å². The van der Waals surface area contributed by atoms with Gasteiger partial charge in [0.2, 0.25) is 11.8 Å². The van der Waals surface area contributed by atoms with Gasteiger partial charge < -0.3 is 20.3 Å². The average molecular weight is 595 g/mol. The molecule has 8 heteroatoms. The van der Waals surface area contributed by atoms with Crippen molar-refractivity contribution in [3.63, 3.8) is 0 Å². The van der Waals surface area contributed by atoms with Crippen LogP contribution in [-0.4, -0.2) is 79.1 Å². The first kappa shape index (κ1) is 31.0. The summed E-state index contributed by atoms with van der Waals surface area (Å²) >= 11 is 6.13. The molecule has 2 N–H and O–H groups in total. The topological polar surface area (TPSA) is 73.9 Å². The summed E-state index contributed by atoms with van der Waals surface area (Å²) in [5.41, 5.74) is 3.45. The molecule has 7 nitrogen and oxygen atoms in total. The predicted octanol–water partition coefficient (Wildman–Crippen LogP) is 4.77. The molecule has 2 atom stereocenters. The van der Waals surface area contributed by atoms with Crippen molar-refractivity contribution in [2.24, 2.45) is 5.92 Å². The summed E-state index contributed by atoms with van der Waals surface area (Å²) < 4.78 is 5.64. The van der Waals surface area contributed by atoms with E-state index in [0.29, 0.717) is 49.0 Å². The second kappa shape index (κ2) is 14.8. The standard InChI is InChI=1S/C34H47ClN4O3/c1-24(2)23-39(29-14-19-42-20-15-29)28-12-17-38(18-13-28)34(41)32(21-25-7-9-27(35)10-8-25)37-33(40)22-31-30-6-4-3-5-26(30)11-16-36-31/h3-10,24,28-29,31-32,36H,11-23H2,1-2H3,(H,37,40). The molecule has 42 heavy (non-hydrogen) atoms. The van der Waals surface area contributed by atoms with Gasteiger partial charge in [-0.3, -0.25) is 14.5 Å². The highest BCUT2D eigenvalue weighted by molar-refractivity contribution is 6.30. The van der Waals surface area contributed by atoms with Gasteiger partial charge in [0.05, 0.1) is 0 Å². The van der Waals surface area contributed by atoms with Gasteiger partial charge in [0.25, 0.3) is 0 Å². The van der Waals surface area contributed by atoms with Crippen LogP contribution in [0.25, 0.3) is 0 Å². The number of halogens is 1. The van der Waals surface area contributed by atoms with Gasteiger partial charge in [-0.25, -0.2) is 0 Å². The Morgan fingerprint density at radius 3 is 2.43 bits per heavy atom. The van der Waals surface area contributed by atoms with Crippen molar-refractivity contribution < 1.29 is 14.3 Å². The largest absolute Gasteiger partial charge is 0.381 e. The van der Waals surface area contributed by atoms with Gasteiger partial charge in [0.1, 0.15) is 6.04 Å². The number of fused-ring (bicyclic) bond motifs is 1. The lowest BCUT2D eigenvalue weighted by Gasteiger charge is -2.44. The van der Waals surface area contributed by atoms with Crippen molar-refractivity contribution >= 4 is 23.4 Å². The number of carbonyl (C=O) groups is 2. The molecule has 2 amide bonds. The zero-order valence-corrected chi connectivity index (χ0v) is 26.0. The molecule has 2 fully saturated rings. The van der Waals surface area contributed by atoms with E-state index >= 15 is 0 Å². The SMILES string of the molecule is CC(C)CN(C1CCOCC1)C1CCN(C(=O)C(Cc2ccc(Cl)cc2)NC(=O)CC2NCCc3ccccc32)CC1. The Morgan fingerprint density at radius 1 is 1.02 bits per heavy atom. The van der Waals surface area contributed by atoms with Crippen molar-refractivity contribution in [1.82, 2.24) is 20.4 Å². The molecular formula is C34H47ClN4O3.